The fraction of sp³-hybridized carbons (Fsp3) is 0.136. The van der Waals surface area contributed by atoms with Gasteiger partial charge in [0.05, 0.1) is 0 Å². The Morgan fingerprint density at radius 3 is 1.96 bits per heavy atom. The molecule has 0 heterocycles. The first-order chi connectivity index (χ1) is 12.4. The van der Waals surface area contributed by atoms with Gasteiger partial charge < -0.3 is 0 Å². The van der Waals surface area contributed by atoms with Crippen LogP contribution >= 0.6 is 19.7 Å². The molecule has 0 fully saturated rings. The molecule has 3 aromatic carbocycles. The summed E-state index contributed by atoms with van der Waals surface area (Å²) < 4.78 is 0. The van der Waals surface area contributed by atoms with Gasteiger partial charge in [0.25, 0.3) is 0 Å². The van der Waals surface area contributed by atoms with Gasteiger partial charge in [0.1, 0.15) is 0 Å². The molecule has 0 aliphatic rings. The van der Waals surface area contributed by atoms with Gasteiger partial charge in [-0.2, -0.15) is 0 Å². The molecule has 0 bridgehead atoms. The summed E-state index contributed by atoms with van der Waals surface area (Å²) >= 11 is 1.77. The van der Waals surface area contributed by atoms with Crippen LogP contribution in [0.3, 0.4) is 0 Å². The van der Waals surface area contributed by atoms with Crippen molar-refractivity contribution in [2.24, 2.45) is 4.99 Å². The molecule has 0 aliphatic carbocycles. The molecule has 0 spiro atoms. The topological polar surface area (TPSA) is 12.4 Å². The van der Waals surface area contributed by atoms with Crippen molar-refractivity contribution < 1.29 is 0 Å². The quantitative estimate of drug-likeness (QED) is 0.328. The van der Waals surface area contributed by atoms with E-state index in [1.165, 1.54) is 21.1 Å². The smallest absolute Gasteiger partial charge is 0.0434 e. The number of aliphatic imine (C=N–C) groups is 1. The fourth-order valence-electron chi connectivity index (χ4n) is 2.72. The van der Waals surface area contributed by atoms with Crippen LogP contribution in [0.5, 0.6) is 0 Å². The van der Waals surface area contributed by atoms with Crippen LogP contribution in [-0.2, 0) is 0 Å². The van der Waals surface area contributed by atoms with Gasteiger partial charge in [-0.1, -0.05) is 78.9 Å². The molecule has 0 N–H and O–H groups in total. The van der Waals surface area contributed by atoms with Crippen molar-refractivity contribution in [1.29, 1.82) is 0 Å². The second-order valence-corrected chi connectivity index (χ2v) is 8.78. The SMILES string of the molecule is CSc1ccccc1C=NCCP(c1ccccc1)c1ccccc1. The van der Waals surface area contributed by atoms with Crippen molar-refractivity contribution in [3.05, 3.63) is 90.5 Å². The lowest BCUT2D eigenvalue weighted by Gasteiger charge is -2.17. The molecule has 0 atom stereocenters. The first kappa shape index (κ1) is 17.9. The average Bonchev–Trinajstić information content (AvgIpc) is 2.69. The molecule has 0 amide bonds. The van der Waals surface area contributed by atoms with E-state index in [-0.39, 0.29) is 7.92 Å². The van der Waals surface area contributed by atoms with Crippen LogP contribution in [-0.4, -0.2) is 25.2 Å². The highest BCUT2D eigenvalue weighted by Crippen LogP contribution is 2.32. The maximum atomic E-state index is 4.72. The van der Waals surface area contributed by atoms with Gasteiger partial charge >= 0.3 is 0 Å². The lowest BCUT2D eigenvalue weighted by atomic mass is 10.2. The van der Waals surface area contributed by atoms with E-state index in [2.05, 4.69) is 91.2 Å². The van der Waals surface area contributed by atoms with Gasteiger partial charge in [-0.25, -0.2) is 0 Å². The molecule has 126 valence electrons. The third-order valence-electron chi connectivity index (χ3n) is 3.96. The monoisotopic (exact) mass is 363 g/mol. The lowest BCUT2D eigenvalue weighted by Crippen LogP contribution is -2.15. The van der Waals surface area contributed by atoms with E-state index in [0.29, 0.717) is 0 Å². The van der Waals surface area contributed by atoms with E-state index >= 15 is 0 Å². The highest BCUT2D eigenvalue weighted by Gasteiger charge is 2.12. The van der Waals surface area contributed by atoms with Crippen molar-refractivity contribution in [3.8, 4) is 0 Å². The zero-order chi connectivity index (χ0) is 17.3. The van der Waals surface area contributed by atoms with E-state index in [9.17, 15) is 0 Å². The summed E-state index contributed by atoms with van der Waals surface area (Å²) in [5.74, 6) is 0. The Balaban J connectivity index is 1.72. The lowest BCUT2D eigenvalue weighted by molar-refractivity contribution is 1.15. The van der Waals surface area contributed by atoms with Gasteiger partial charge in [-0.3, -0.25) is 4.99 Å². The van der Waals surface area contributed by atoms with E-state index in [4.69, 9.17) is 4.99 Å². The van der Waals surface area contributed by atoms with Gasteiger partial charge in [0, 0.05) is 23.2 Å². The van der Waals surface area contributed by atoms with Crippen molar-refractivity contribution in [3.63, 3.8) is 0 Å². The zero-order valence-electron chi connectivity index (χ0n) is 14.4. The number of rotatable bonds is 7. The van der Waals surface area contributed by atoms with Crippen LogP contribution in [0, 0.1) is 0 Å². The van der Waals surface area contributed by atoms with Gasteiger partial charge in [-0.15, -0.1) is 11.8 Å². The van der Waals surface area contributed by atoms with Crippen LogP contribution in [0.25, 0.3) is 0 Å². The first-order valence-electron chi connectivity index (χ1n) is 8.39. The minimum Gasteiger partial charge on any atom is -0.292 e. The molecule has 0 unspecified atom stereocenters. The third-order valence-corrected chi connectivity index (χ3v) is 7.26. The molecule has 3 rings (SSSR count). The Bertz CT molecular complexity index is 763. The highest BCUT2D eigenvalue weighted by molar-refractivity contribution is 7.98. The largest absolute Gasteiger partial charge is 0.292 e. The Hall–Kier alpha value is -1.89. The van der Waals surface area contributed by atoms with E-state index in [1.54, 1.807) is 11.8 Å². The Morgan fingerprint density at radius 1 is 0.800 bits per heavy atom. The molecule has 0 aromatic heterocycles. The number of thioether (sulfide) groups is 1. The normalized spacial score (nSPS) is 11.3. The fourth-order valence-corrected chi connectivity index (χ4v) is 5.48. The second-order valence-electron chi connectivity index (χ2n) is 5.60. The summed E-state index contributed by atoms with van der Waals surface area (Å²) in [4.78, 5) is 6.00. The first-order valence-corrected chi connectivity index (χ1v) is 11.1. The molecule has 25 heavy (non-hydrogen) atoms. The van der Waals surface area contributed by atoms with Gasteiger partial charge in [0.2, 0.25) is 0 Å². The van der Waals surface area contributed by atoms with Crippen molar-refractivity contribution in [2.45, 2.75) is 4.90 Å². The summed E-state index contributed by atoms with van der Waals surface area (Å²) in [6.07, 6.45) is 5.20. The molecule has 3 heteroatoms. The predicted octanol–water partition coefficient (Wildman–Crippen LogP) is 4.96. The Kier molecular flexibility index (Phi) is 6.85. The Labute approximate surface area is 156 Å². The van der Waals surface area contributed by atoms with Crippen LogP contribution < -0.4 is 10.6 Å². The molecule has 0 aliphatic heterocycles. The summed E-state index contributed by atoms with van der Waals surface area (Å²) in [6, 6.07) is 30.1. The van der Waals surface area contributed by atoms with Crippen molar-refractivity contribution >= 4 is 36.5 Å². The standard InChI is InChI=1S/C22H22NPS/c1-25-22-15-9-8-10-19(22)18-23-16-17-24(20-11-4-2-5-12-20)21-13-6-3-7-14-21/h2-15,18H,16-17H2,1H3. The maximum Gasteiger partial charge on any atom is 0.0434 e. The van der Waals surface area contributed by atoms with Crippen LogP contribution in [0.2, 0.25) is 0 Å². The summed E-state index contributed by atoms with van der Waals surface area (Å²) in [6.45, 7) is 0.845. The van der Waals surface area contributed by atoms with Gasteiger partial charge in [-0.05, 0) is 37.0 Å². The highest BCUT2D eigenvalue weighted by atomic mass is 32.2. The van der Waals surface area contributed by atoms with E-state index in [1.807, 2.05) is 6.21 Å². The van der Waals surface area contributed by atoms with Crippen molar-refractivity contribution in [2.75, 3.05) is 19.0 Å². The molecule has 0 saturated heterocycles. The van der Waals surface area contributed by atoms with Crippen LogP contribution in [0.4, 0.5) is 0 Å². The average molecular weight is 363 g/mol. The number of nitrogens with zero attached hydrogens (tertiary/aromatic N) is 1. The minimum atomic E-state index is -0.362. The predicted molar refractivity (Wildman–Crippen MR) is 115 cm³/mol. The van der Waals surface area contributed by atoms with E-state index in [0.717, 1.165) is 12.7 Å². The molecule has 3 aromatic rings. The molecular formula is C22H22NPS. The molecule has 0 saturated carbocycles. The maximum absolute atomic E-state index is 4.72. The number of hydrogen-bond donors (Lipinski definition) is 0. The third kappa shape index (κ3) is 5.04. The Morgan fingerprint density at radius 2 is 1.36 bits per heavy atom. The van der Waals surface area contributed by atoms with Crippen LogP contribution in [0.15, 0.2) is 94.8 Å². The van der Waals surface area contributed by atoms with Crippen molar-refractivity contribution in [1.82, 2.24) is 0 Å². The summed E-state index contributed by atoms with van der Waals surface area (Å²) in [5, 5.41) is 2.84. The molecular weight excluding hydrogens is 341 g/mol. The van der Waals surface area contributed by atoms with Crippen LogP contribution in [0.1, 0.15) is 5.56 Å². The summed E-state index contributed by atoms with van der Waals surface area (Å²) in [7, 11) is -0.362. The number of benzene rings is 3. The summed E-state index contributed by atoms with van der Waals surface area (Å²) in [5.41, 5.74) is 1.21. The second kappa shape index (κ2) is 9.56. The minimum absolute atomic E-state index is 0.362. The number of hydrogen-bond acceptors (Lipinski definition) is 2. The van der Waals surface area contributed by atoms with E-state index < -0.39 is 0 Å². The zero-order valence-corrected chi connectivity index (χ0v) is 16.1. The molecule has 1 nitrogen and oxygen atoms in total. The van der Waals surface area contributed by atoms with Gasteiger partial charge in [0.15, 0.2) is 0 Å². The molecule has 0 radical (unpaired) electrons.